The molecule has 8 nitrogen and oxygen atoms in total. The Balaban J connectivity index is 1.18. The molecule has 1 amide bonds. The smallest absolute Gasteiger partial charge is 0.323 e. The first-order valence-corrected chi connectivity index (χ1v) is 14.0. The number of esters is 2. The van der Waals surface area contributed by atoms with Crippen LogP contribution in [-0.2, 0) is 32.3 Å². The fraction of sp³-hybridized carbons (Fsp3) is 0.290. The highest BCUT2D eigenvalue weighted by Gasteiger charge is 2.21. The van der Waals surface area contributed by atoms with E-state index >= 15 is 0 Å². The number of benzene rings is 2. The number of hydrogen-bond donors (Lipinski definition) is 2. The van der Waals surface area contributed by atoms with Gasteiger partial charge in [-0.15, -0.1) is 11.3 Å². The van der Waals surface area contributed by atoms with Gasteiger partial charge in [0.1, 0.15) is 19.3 Å². The van der Waals surface area contributed by atoms with Crippen LogP contribution >= 0.6 is 11.3 Å². The molecule has 0 bridgehead atoms. The van der Waals surface area contributed by atoms with E-state index in [1.54, 1.807) is 12.1 Å². The van der Waals surface area contributed by atoms with Crippen LogP contribution in [0.1, 0.15) is 47.6 Å². The molecule has 2 heterocycles. The minimum atomic E-state index is -0.506. The van der Waals surface area contributed by atoms with E-state index in [2.05, 4.69) is 15.6 Å². The molecule has 40 heavy (non-hydrogen) atoms. The van der Waals surface area contributed by atoms with E-state index in [1.165, 1.54) is 17.5 Å². The van der Waals surface area contributed by atoms with Gasteiger partial charge in [0.05, 0.1) is 28.9 Å². The number of nitrogens with zero attached hydrogens (tertiary/aromatic N) is 1. The van der Waals surface area contributed by atoms with E-state index in [1.807, 2.05) is 74.5 Å². The zero-order valence-electron chi connectivity index (χ0n) is 22.6. The van der Waals surface area contributed by atoms with Crippen molar-refractivity contribution in [1.29, 1.82) is 0 Å². The van der Waals surface area contributed by atoms with Gasteiger partial charge in [0.15, 0.2) is 0 Å². The van der Waals surface area contributed by atoms with E-state index in [-0.39, 0.29) is 44.0 Å². The van der Waals surface area contributed by atoms with E-state index in [0.29, 0.717) is 22.7 Å². The number of nitrogens with one attached hydrogen (secondary N) is 2. The minimum absolute atomic E-state index is 0.0118. The summed E-state index contributed by atoms with van der Waals surface area (Å²) in [5.41, 5.74) is 2.03. The van der Waals surface area contributed by atoms with Crippen LogP contribution in [0.4, 0.5) is 5.69 Å². The summed E-state index contributed by atoms with van der Waals surface area (Å²) in [5, 5.41) is 7.01. The van der Waals surface area contributed by atoms with Crippen molar-refractivity contribution in [2.75, 3.05) is 11.9 Å². The van der Waals surface area contributed by atoms with Crippen molar-refractivity contribution in [2.45, 2.75) is 45.9 Å². The molecule has 0 saturated heterocycles. The molecule has 4 rings (SSSR count). The van der Waals surface area contributed by atoms with Gasteiger partial charge in [0.25, 0.3) is 5.91 Å². The molecule has 4 aromatic rings. The van der Waals surface area contributed by atoms with Crippen LogP contribution < -0.4 is 10.6 Å². The number of ether oxygens (including phenoxy) is 2. The van der Waals surface area contributed by atoms with Crippen LogP contribution in [0.25, 0.3) is 10.1 Å². The molecule has 208 valence electrons. The summed E-state index contributed by atoms with van der Waals surface area (Å²) in [5.74, 6) is -0.668. The Labute approximate surface area is 237 Å². The van der Waals surface area contributed by atoms with Gasteiger partial charge in [0, 0.05) is 11.2 Å². The lowest BCUT2D eigenvalue weighted by Gasteiger charge is -2.19. The van der Waals surface area contributed by atoms with Crippen molar-refractivity contribution in [3.05, 3.63) is 95.1 Å². The highest BCUT2D eigenvalue weighted by molar-refractivity contribution is 7.20. The summed E-state index contributed by atoms with van der Waals surface area (Å²) in [6, 6.07) is 22.1. The number of amides is 1. The third-order valence-corrected chi connectivity index (χ3v) is 7.16. The molecule has 1 unspecified atom stereocenters. The number of carbonyl (C=O) groups is 3. The molecule has 0 aliphatic carbocycles. The van der Waals surface area contributed by atoms with Gasteiger partial charge in [-0.3, -0.25) is 19.4 Å². The van der Waals surface area contributed by atoms with Crippen LogP contribution in [0.15, 0.2) is 79.0 Å². The molecule has 0 saturated carbocycles. The number of rotatable bonds is 13. The lowest BCUT2D eigenvalue weighted by Crippen LogP contribution is -2.40. The molecular weight excluding hydrogens is 526 g/mol. The predicted octanol–water partition coefficient (Wildman–Crippen LogP) is 5.73. The van der Waals surface area contributed by atoms with E-state index < -0.39 is 12.0 Å². The normalized spacial score (nSPS) is 11.8. The maximum absolute atomic E-state index is 12.6. The zero-order valence-corrected chi connectivity index (χ0v) is 23.4. The molecule has 9 heteroatoms. The summed E-state index contributed by atoms with van der Waals surface area (Å²) in [6.45, 7) is 4.56. The number of fused-ring (bicyclic) bond motifs is 1. The summed E-state index contributed by atoms with van der Waals surface area (Å²) in [4.78, 5) is 42.4. The topological polar surface area (TPSA) is 107 Å². The number of anilines is 1. The Morgan fingerprint density at radius 2 is 1.70 bits per heavy atom. The molecule has 0 radical (unpaired) electrons. The Morgan fingerprint density at radius 3 is 2.42 bits per heavy atom. The van der Waals surface area contributed by atoms with Gasteiger partial charge in [-0.25, -0.2) is 0 Å². The number of carbonyl (C=O) groups excluding carboxylic acids is 3. The summed E-state index contributed by atoms with van der Waals surface area (Å²) >= 11 is 1.43. The van der Waals surface area contributed by atoms with E-state index in [4.69, 9.17) is 9.47 Å². The Bertz CT molecular complexity index is 1390. The maximum atomic E-state index is 12.6. The largest absolute Gasteiger partial charge is 0.460 e. The number of pyridine rings is 1. The van der Waals surface area contributed by atoms with Gasteiger partial charge >= 0.3 is 11.9 Å². The monoisotopic (exact) mass is 559 g/mol. The molecule has 0 aliphatic heterocycles. The van der Waals surface area contributed by atoms with Crippen molar-refractivity contribution < 1.29 is 23.9 Å². The average Bonchev–Trinajstić information content (AvgIpc) is 3.40. The Hall–Kier alpha value is -4.08. The summed E-state index contributed by atoms with van der Waals surface area (Å²) in [6.07, 6.45) is 2.23. The molecule has 2 aromatic carbocycles. The minimum Gasteiger partial charge on any atom is -0.460 e. The second-order valence-corrected chi connectivity index (χ2v) is 10.9. The first-order valence-electron chi connectivity index (χ1n) is 13.2. The number of aromatic nitrogens is 1. The molecule has 1 atom stereocenters. The van der Waals surface area contributed by atoms with Crippen LogP contribution in [0.3, 0.4) is 0 Å². The fourth-order valence-electron chi connectivity index (χ4n) is 4.01. The van der Waals surface area contributed by atoms with Crippen molar-refractivity contribution >= 4 is 45.0 Å². The van der Waals surface area contributed by atoms with Gasteiger partial charge in [-0.2, -0.15) is 0 Å². The standard InChI is InChI=1S/C31H33N3O5S/c1-21(2)16-26(31(37)39-19-22-8-4-3-5-9-22)32-15-14-29(35)38-20-25-13-12-24(18-33-25)34-30(36)28-17-23-10-6-7-11-27(23)40-28/h3-13,17-18,21,26,32H,14-16,19-20H2,1-2H3,(H,34,36). The van der Waals surface area contributed by atoms with Crippen LogP contribution in [0.5, 0.6) is 0 Å². The quantitative estimate of drug-likeness (QED) is 0.202. The highest BCUT2D eigenvalue weighted by Crippen LogP contribution is 2.26. The molecule has 2 aromatic heterocycles. The molecule has 0 fully saturated rings. The number of thiophene rings is 1. The third kappa shape index (κ3) is 8.72. The first kappa shape index (κ1) is 28.9. The van der Waals surface area contributed by atoms with Crippen LogP contribution in [0.2, 0.25) is 0 Å². The van der Waals surface area contributed by atoms with Gasteiger partial charge in [0.2, 0.25) is 0 Å². The van der Waals surface area contributed by atoms with Gasteiger partial charge in [-0.1, -0.05) is 62.4 Å². The van der Waals surface area contributed by atoms with Crippen LogP contribution in [0, 0.1) is 5.92 Å². The Kier molecular flexibility index (Phi) is 10.4. The molecular formula is C31H33N3O5S. The second-order valence-electron chi connectivity index (χ2n) is 9.78. The Morgan fingerprint density at radius 1 is 0.925 bits per heavy atom. The first-order chi connectivity index (χ1) is 19.4. The lowest BCUT2D eigenvalue weighted by atomic mass is 10.0. The SMILES string of the molecule is CC(C)CC(NCCC(=O)OCc1ccc(NC(=O)c2cc3ccccc3s2)cn1)C(=O)OCc1ccccc1. The van der Waals surface area contributed by atoms with E-state index in [0.717, 1.165) is 15.6 Å². The average molecular weight is 560 g/mol. The molecule has 0 aliphatic rings. The number of hydrogen-bond acceptors (Lipinski definition) is 8. The highest BCUT2D eigenvalue weighted by atomic mass is 32.1. The third-order valence-electron chi connectivity index (χ3n) is 6.05. The van der Waals surface area contributed by atoms with Gasteiger partial charge < -0.3 is 20.1 Å². The van der Waals surface area contributed by atoms with Crippen molar-refractivity contribution in [3.8, 4) is 0 Å². The molecule has 0 spiro atoms. The molecule has 2 N–H and O–H groups in total. The lowest BCUT2D eigenvalue weighted by molar-refractivity contribution is -0.149. The van der Waals surface area contributed by atoms with Crippen molar-refractivity contribution in [2.24, 2.45) is 5.92 Å². The zero-order chi connectivity index (χ0) is 28.3. The maximum Gasteiger partial charge on any atom is 0.323 e. The predicted molar refractivity (Wildman–Crippen MR) is 156 cm³/mol. The summed E-state index contributed by atoms with van der Waals surface area (Å²) in [7, 11) is 0. The summed E-state index contributed by atoms with van der Waals surface area (Å²) < 4.78 is 11.9. The van der Waals surface area contributed by atoms with Crippen molar-refractivity contribution in [3.63, 3.8) is 0 Å². The fourth-order valence-corrected chi connectivity index (χ4v) is 4.97. The second kappa shape index (κ2) is 14.3. The van der Waals surface area contributed by atoms with Crippen LogP contribution in [-0.4, -0.2) is 35.4 Å². The van der Waals surface area contributed by atoms with Crippen molar-refractivity contribution in [1.82, 2.24) is 10.3 Å². The van der Waals surface area contributed by atoms with Gasteiger partial charge in [-0.05, 0) is 47.6 Å². The van der Waals surface area contributed by atoms with E-state index in [9.17, 15) is 14.4 Å².